The zero-order chi connectivity index (χ0) is 29.8. The van der Waals surface area contributed by atoms with E-state index >= 15 is 0 Å². The van der Waals surface area contributed by atoms with Crippen molar-refractivity contribution in [2.75, 3.05) is 51.1 Å². The molecule has 3 heterocycles. The molecule has 1 unspecified atom stereocenters. The van der Waals surface area contributed by atoms with Gasteiger partial charge in [-0.25, -0.2) is 18.3 Å². The minimum absolute atomic E-state index is 0.0851. The Morgan fingerprint density at radius 3 is 2.67 bits per heavy atom. The van der Waals surface area contributed by atoms with E-state index in [-0.39, 0.29) is 23.9 Å². The smallest absolute Gasteiger partial charge is 0.320 e. The van der Waals surface area contributed by atoms with Crippen molar-refractivity contribution in [3.8, 4) is 5.69 Å². The molecule has 2 amide bonds. The Balaban J connectivity index is 1.41. The van der Waals surface area contributed by atoms with Crippen molar-refractivity contribution in [3.05, 3.63) is 77.0 Å². The predicted octanol–water partition coefficient (Wildman–Crippen LogP) is 3.67. The number of likely N-dealkylation sites (tertiary alicyclic amines) is 2. The second-order valence-electron chi connectivity index (χ2n) is 10.7. The maximum atomic E-state index is 14.1. The van der Waals surface area contributed by atoms with Gasteiger partial charge in [-0.15, -0.1) is 0 Å². The van der Waals surface area contributed by atoms with Crippen molar-refractivity contribution < 1.29 is 27.1 Å². The minimum atomic E-state index is -2.23. The van der Waals surface area contributed by atoms with E-state index in [0.29, 0.717) is 49.9 Å². The van der Waals surface area contributed by atoms with Crippen LogP contribution in [-0.2, 0) is 15.8 Å². The van der Waals surface area contributed by atoms with Gasteiger partial charge in [0.1, 0.15) is 5.82 Å². The fraction of sp³-hybridized carbons (Fsp3) is 0.448. The van der Waals surface area contributed by atoms with Crippen LogP contribution in [0.3, 0.4) is 0 Å². The van der Waals surface area contributed by atoms with E-state index < -0.39 is 28.7 Å². The van der Waals surface area contributed by atoms with Gasteiger partial charge in [0.15, 0.2) is 11.6 Å². The number of methoxy groups -OCH3 is 1. The molecule has 13 heteroatoms. The third kappa shape index (κ3) is 6.70. The number of carbonyl (C=O) groups is 1. The molecular formula is C29H35F2N6O4S-. The highest BCUT2D eigenvalue weighted by atomic mass is 32.2. The number of rotatable bonds is 10. The van der Waals surface area contributed by atoms with Crippen molar-refractivity contribution >= 4 is 22.9 Å². The van der Waals surface area contributed by atoms with Crippen LogP contribution in [0.4, 0.5) is 19.4 Å². The summed E-state index contributed by atoms with van der Waals surface area (Å²) in [7, 11) is 1.61. The van der Waals surface area contributed by atoms with Gasteiger partial charge in [0.2, 0.25) is 0 Å². The molecular weight excluding hydrogens is 566 g/mol. The SMILES string of the molecule is COCCN1C[C@@H](NC(=O)Nc2c(C)c([C@H]3CCCN3CS(=O)[O-])nn2-c2ccccc2)[C@H](c2ccc(F)c(F)c2)C1. The minimum Gasteiger partial charge on any atom is -0.771 e. The molecule has 2 fully saturated rings. The number of carbonyl (C=O) groups excluding carboxylic acids is 1. The normalized spacial score (nSPS) is 22.0. The number of hydrogen-bond acceptors (Lipinski definition) is 7. The number of amides is 2. The average molecular weight is 602 g/mol. The quantitative estimate of drug-likeness (QED) is 0.341. The van der Waals surface area contributed by atoms with Gasteiger partial charge in [0.05, 0.1) is 35.9 Å². The Labute approximate surface area is 246 Å². The summed E-state index contributed by atoms with van der Waals surface area (Å²) in [6, 6.07) is 12.2. The number of aromatic nitrogens is 2. The molecule has 2 N–H and O–H groups in total. The zero-order valence-electron chi connectivity index (χ0n) is 23.6. The first-order valence-corrected chi connectivity index (χ1v) is 15.2. The standard InChI is InChI=1S/C29H36F2N6O4S/c1-19-27(26-9-6-12-36(26)18-42(39)40)34-37(21-7-4-3-5-8-21)28(19)33-29(38)32-25-17-35(13-14-41-2)16-22(25)20-10-11-23(30)24(31)15-20/h3-5,7-8,10-11,15,22,25-26H,6,9,12-14,16-18H2,1-2H3,(H,39,40)(H2,32,33,38)/p-1/t22-,25+,26+/m0/s1. The number of anilines is 1. The van der Waals surface area contributed by atoms with E-state index in [4.69, 9.17) is 9.84 Å². The molecule has 2 aromatic carbocycles. The summed E-state index contributed by atoms with van der Waals surface area (Å²) in [6.45, 7) is 4.70. The largest absolute Gasteiger partial charge is 0.771 e. The van der Waals surface area contributed by atoms with Crippen molar-refractivity contribution in [2.24, 2.45) is 0 Å². The van der Waals surface area contributed by atoms with Crippen LogP contribution in [-0.4, -0.2) is 86.2 Å². The van der Waals surface area contributed by atoms with Crippen LogP contribution in [0.25, 0.3) is 5.69 Å². The van der Waals surface area contributed by atoms with Crippen molar-refractivity contribution in [1.82, 2.24) is 24.9 Å². The molecule has 5 rings (SSSR count). The van der Waals surface area contributed by atoms with E-state index in [1.165, 1.54) is 6.07 Å². The van der Waals surface area contributed by atoms with E-state index in [1.54, 1.807) is 17.9 Å². The average Bonchev–Trinajstić information content (AvgIpc) is 3.67. The molecule has 1 aromatic heterocycles. The van der Waals surface area contributed by atoms with Crippen LogP contribution in [0, 0.1) is 18.6 Å². The van der Waals surface area contributed by atoms with Gasteiger partial charge < -0.3 is 14.6 Å². The van der Waals surface area contributed by atoms with E-state index in [9.17, 15) is 22.3 Å². The lowest BCUT2D eigenvalue weighted by molar-refractivity contribution is 0.159. The molecule has 0 aliphatic carbocycles. The van der Waals surface area contributed by atoms with Crippen molar-refractivity contribution in [2.45, 2.75) is 37.8 Å². The highest BCUT2D eigenvalue weighted by molar-refractivity contribution is 7.79. The third-order valence-corrected chi connectivity index (χ3v) is 8.58. The van der Waals surface area contributed by atoms with Crippen LogP contribution < -0.4 is 10.6 Å². The summed E-state index contributed by atoms with van der Waals surface area (Å²) in [6.07, 6.45) is 1.60. The van der Waals surface area contributed by atoms with Gasteiger partial charge in [-0.2, -0.15) is 5.10 Å². The Bertz CT molecular complexity index is 1420. The first kappa shape index (κ1) is 30.2. The molecule has 2 aliphatic heterocycles. The van der Waals surface area contributed by atoms with Crippen molar-refractivity contribution in [3.63, 3.8) is 0 Å². The molecule has 10 nitrogen and oxygen atoms in total. The van der Waals surface area contributed by atoms with E-state index in [0.717, 1.165) is 30.2 Å². The van der Waals surface area contributed by atoms with Gasteiger partial charge in [0.25, 0.3) is 0 Å². The summed E-state index contributed by atoms with van der Waals surface area (Å²) in [4.78, 5) is 17.5. The first-order valence-electron chi connectivity index (χ1n) is 13.9. The summed E-state index contributed by atoms with van der Waals surface area (Å²) >= 11 is -2.23. The lowest BCUT2D eigenvalue weighted by Crippen LogP contribution is -2.42. The number of nitrogens with one attached hydrogen (secondary N) is 2. The Morgan fingerprint density at radius 1 is 1.17 bits per heavy atom. The lowest BCUT2D eigenvalue weighted by atomic mass is 9.94. The van der Waals surface area contributed by atoms with Gasteiger partial charge in [-0.1, -0.05) is 24.3 Å². The highest BCUT2D eigenvalue weighted by Crippen LogP contribution is 2.36. The second kappa shape index (κ2) is 13.4. The molecule has 42 heavy (non-hydrogen) atoms. The first-order chi connectivity index (χ1) is 20.2. The van der Waals surface area contributed by atoms with Gasteiger partial charge in [-0.05, 0) is 67.2 Å². The maximum Gasteiger partial charge on any atom is 0.320 e. The second-order valence-corrected chi connectivity index (χ2v) is 11.6. The van der Waals surface area contributed by atoms with Crippen LogP contribution >= 0.6 is 0 Å². The maximum absolute atomic E-state index is 14.1. The van der Waals surface area contributed by atoms with E-state index in [1.807, 2.05) is 42.2 Å². The van der Waals surface area contributed by atoms with Crippen LogP contribution in [0.1, 0.15) is 41.6 Å². The molecule has 0 spiro atoms. The number of urea groups is 1. The molecule has 2 saturated heterocycles. The summed E-state index contributed by atoms with van der Waals surface area (Å²) < 4.78 is 57.7. The van der Waals surface area contributed by atoms with Crippen LogP contribution in [0.5, 0.6) is 0 Å². The van der Waals surface area contributed by atoms with Crippen LogP contribution in [0.15, 0.2) is 48.5 Å². The molecule has 3 aromatic rings. The summed E-state index contributed by atoms with van der Waals surface area (Å²) in [5, 5.41) is 10.9. The number of para-hydroxylation sites is 1. The Morgan fingerprint density at radius 2 is 1.95 bits per heavy atom. The van der Waals surface area contributed by atoms with Crippen LogP contribution in [0.2, 0.25) is 0 Å². The topological polar surface area (TPSA) is 115 Å². The fourth-order valence-electron chi connectivity index (χ4n) is 5.99. The van der Waals surface area contributed by atoms with Crippen molar-refractivity contribution in [1.29, 1.82) is 0 Å². The van der Waals surface area contributed by atoms with Gasteiger partial charge >= 0.3 is 6.03 Å². The molecule has 4 atom stereocenters. The Hall–Kier alpha value is -3.23. The predicted molar refractivity (Wildman–Crippen MR) is 154 cm³/mol. The fourth-order valence-corrected chi connectivity index (χ4v) is 6.57. The van der Waals surface area contributed by atoms with Gasteiger partial charge in [-0.3, -0.25) is 19.3 Å². The lowest BCUT2D eigenvalue weighted by Gasteiger charge is -2.24. The third-order valence-electron chi connectivity index (χ3n) is 8.04. The van der Waals surface area contributed by atoms with E-state index in [2.05, 4.69) is 15.5 Å². The number of ether oxygens (including phenoxy) is 1. The summed E-state index contributed by atoms with van der Waals surface area (Å²) in [5.74, 6) is -1.72. The van der Waals surface area contributed by atoms with Gasteiger partial charge in [0, 0.05) is 38.2 Å². The number of nitrogens with zero attached hydrogens (tertiary/aromatic N) is 4. The monoisotopic (exact) mass is 601 g/mol. The molecule has 2 aliphatic rings. The number of halogens is 2. The Kier molecular flexibility index (Phi) is 9.63. The highest BCUT2D eigenvalue weighted by Gasteiger charge is 2.36. The molecule has 0 bridgehead atoms. The molecule has 0 radical (unpaired) electrons. The molecule has 226 valence electrons. The zero-order valence-corrected chi connectivity index (χ0v) is 24.4. The number of benzene rings is 2. The number of hydrogen-bond donors (Lipinski definition) is 2. The summed E-state index contributed by atoms with van der Waals surface area (Å²) in [5.41, 5.74) is 2.80. The molecule has 0 saturated carbocycles.